The highest BCUT2D eigenvalue weighted by Crippen LogP contribution is 2.27. The second-order valence-corrected chi connectivity index (χ2v) is 8.91. The van der Waals surface area contributed by atoms with E-state index in [0.717, 1.165) is 37.7 Å². The summed E-state index contributed by atoms with van der Waals surface area (Å²) in [5.74, 6) is 1.03. The largest absolute Gasteiger partial charge is 0.465 e. The average molecular weight is 558 g/mol. The second-order valence-electron chi connectivity index (χ2n) is 7.83. The molecular formula is C24H27IN6O2. The van der Waals surface area contributed by atoms with Crippen LogP contribution in [0.15, 0.2) is 42.7 Å². The van der Waals surface area contributed by atoms with Gasteiger partial charge in [-0.1, -0.05) is 25.1 Å². The number of fused-ring (bicyclic) bond motifs is 1. The topological polar surface area (TPSA) is 86.3 Å². The summed E-state index contributed by atoms with van der Waals surface area (Å²) in [6.07, 6.45) is 4.34. The third-order valence-electron chi connectivity index (χ3n) is 5.53. The number of aryl methyl sites for hydroxylation is 2. The first kappa shape index (κ1) is 23.2. The van der Waals surface area contributed by atoms with Crippen molar-refractivity contribution in [2.75, 3.05) is 11.9 Å². The monoisotopic (exact) mass is 558 g/mol. The summed E-state index contributed by atoms with van der Waals surface area (Å²) in [6, 6.07) is 10.2. The van der Waals surface area contributed by atoms with Crippen LogP contribution in [0.1, 0.15) is 43.1 Å². The highest BCUT2D eigenvalue weighted by Gasteiger charge is 2.24. The van der Waals surface area contributed by atoms with Crippen molar-refractivity contribution in [2.45, 2.75) is 39.7 Å². The second kappa shape index (κ2) is 9.90. The number of rotatable bonds is 8. The molecule has 9 heteroatoms. The van der Waals surface area contributed by atoms with Crippen LogP contribution in [-0.4, -0.2) is 36.7 Å². The minimum absolute atomic E-state index is 0.253. The molecule has 0 bridgehead atoms. The van der Waals surface area contributed by atoms with Gasteiger partial charge in [0.15, 0.2) is 5.65 Å². The van der Waals surface area contributed by atoms with Crippen LogP contribution in [0.25, 0.3) is 17.0 Å². The average Bonchev–Trinajstić information content (AvgIpc) is 3.36. The van der Waals surface area contributed by atoms with E-state index >= 15 is 0 Å². The van der Waals surface area contributed by atoms with Gasteiger partial charge in [0.25, 0.3) is 0 Å². The molecular weight excluding hydrogens is 531 g/mol. The Morgan fingerprint density at radius 3 is 2.79 bits per heavy atom. The molecule has 4 aromatic rings. The van der Waals surface area contributed by atoms with Crippen LogP contribution in [0.5, 0.6) is 0 Å². The molecule has 0 amide bonds. The molecule has 4 rings (SSSR count). The molecule has 33 heavy (non-hydrogen) atoms. The van der Waals surface area contributed by atoms with Crippen molar-refractivity contribution in [2.24, 2.45) is 7.05 Å². The molecule has 0 saturated carbocycles. The Balaban J connectivity index is 1.68. The molecule has 0 radical (unpaired) electrons. The van der Waals surface area contributed by atoms with E-state index in [1.54, 1.807) is 10.7 Å². The lowest BCUT2D eigenvalue weighted by atomic mass is 10.0. The van der Waals surface area contributed by atoms with Gasteiger partial charge >= 0.3 is 5.97 Å². The molecule has 0 fully saturated rings. The van der Waals surface area contributed by atoms with Gasteiger partial charge in [0, 0.05) is 37.6 Å². The number of imidazole rings is 1. The Hall–Kier alpha value is -2.95. The zero-order valence-electron chi connectivity index (χ0n) is 19.2. The van der Waals surface area contributed by atoms with E-state index in [4.69, 9.17) is 9.72 Å². The van der Waals surface area contributed by atoms with E-state index in [1.165, 1.54) is 0 Å². The quantitative estimate of drug-likeness (QED) is 0.249. The van der Waals surface area contributed by atoms with Crippen LogP contribution in [0, 0.1) is 10.5 Å². The minimum Gasteiger partial charge on any atom is -0.465 e. The standard InChI is InChI=1S/C24H27IN6O2/c1-5-18(24(32)33-6-2)19-13-20(31-23(28-19)21(25)15(3)29-31)27-14-16-8-7-9-17(12-16)22-26-10-11-30(22)4/h7-13,18,27H,5-6,14H2,1-4H3. The van der Waals surface area contributed by atoms with Crippen LogP contribution in [0.2, 0.25) is 0 Å². The van der Waals surface area contributed by atoms with E-state index in [2.05, 4.69) is 56.2 Å². The lowest BCUT2D eigenvalue weighted by molar-refractivity contribution is -0.145. The summed E-state index contributed by atoms with van der Waals surface area (Å²) in [5, 5.41) is 8.16. The van der Waals surface area contributed by atoms with Gasteiger partial charge in [-0.15, -0.1) is 0 Å². The van der Waals surface area contributed by atoms with Gasteiger partial charge in [-0.25, -0.2) is 9.97 Å². The number of esters is 1. The molecule has 1 atom stereocenters. The molecule has 1 N–H and O–H groups in total. The number of hydrogen-bond acceptors (Lipinski definition) is 6. The molecule has 8 nitrogen and oxygen atoms in total. The molecule has 3 heterocycles. The number of hydrogen-bond donors (Lipinski definition) is 1. The number of carbonyl (C=O) groups is 1. The van der Waals surface area contributed by atoms with Gasteiger partial charge < -0.3 is 14.6 Å². The van der Waals surface area contributed by atoms with Gasteiger partial charge in [0.05, 0.1) is 27.5 Å². The third-order valence-corrected chi connectivity index (χ3v) is 6.79. The fourth-order valence-corrected chi connectivity index (χ4v) is 4.27. The van der Waals surface area contributed by atoms with Crippen LogP contribution in [0.4, 0.5) is 5.82 Å². The van der Waals surface area contributed by atoms with E-state index in [1.807, 2.05) is 50.7 Å². The minimum atomic E-state index is -0.423. The van der Waals surface area contributed by atoms with Gasteiger partial charge in [-0.3, -0.25) is 4.79 Å². The first-order valence-corrected chi connectivity index (χ1v) is 12.0. The van der Waals surface area contributed by atoms with Gasteiger partial charge in [-0.05, 0) is 54.5 Å². The molecule has 0 saturated heterocycles. The molecule has 3 aromatic heterocycles. The smallest absolute Gasteiger partial charge is 0.315 e. The number of ether oxygens (including phenoxy) is 1. The van der Waals surface area contributed by atoms with E-state index in [-0.39, 0.29) is 5.97 Å². The van der Waals surface area contributed by atoms with E-state index in [9.17, 15) is 4.79 Å². The summed E-state index contributed by atoms with van der Waals surface area (Å²) in [4.78, 5) is 21.8. The lowest BCUT2D eigenvalue weighted by Gasteiger charge is -2.16. The Kier molecular flexibility index (Phi) is 6.96. The van der Waals surface area contributed by atoms with Crippen molar-refractivity contribution < 1.29 is 9.53 Å². The summed E-state index contributed by atoms with van der Waals surface area (Å²) in [6.45, 7) is 6.67. The summed E-state index contributed by atoms with van der Waals surface area (Å²) < 4.78 is 10.1. The van der Waals surface area contributed by atoms with Crippen molar-refractivity contribution in [3.63, 3.8) is 0 Å². The highest BCUT2D eigenvalue weighted by molar-refractivity contribution is 14.1. The van der Waals surface area contributed by atoms with Crippen LogP contribution in [-0.2, 0) is 23.1 Å². The maximum absolute atomic E-state index is 12.6. The molecule has 0 aliphatic carbocycles. The summed E-state index contributed by atoms with van der Waals surface area (Å²) >= 11 is 2.25. The van der Waals surface area contributed by atoms with Crippen LogP contribution >= 0.6 is 22.6 Å². The third kappa shape index (κ3) is 4.73. The molecule has 172 valence electrons. The number of carbonyl (C=O) groups excluding carboxylic acids is 1. The van der Waals surface area contributed by atoms with Crippen molar-refractivity contribution in [1.82, 2.24) is 24.1 Å². The number of halogens is 1. The molecule has 1 aromatic carbocycles. The fourth-order valence-electron chi connectivity index (χ4n) is 3.82. The highest BCUT2D eigenvalue weighted by atomic mass is 127. The lowest BCUT2D eigenvalue weighted by Crippen LogP contribution is -2.18. The maximum atomic E-state index is 12.6. The van der Waals surface area contributed by atoms with Gasteiger partial charge in [0.2, 0.25) is 0 Å². The SMILES string of the molecule is CCOC(=O)C(CC)c1cc(NCc2cccc(-c3nccn3C)c2)n2nc(C)c(I)c2n1. The Labute approximate surface area is 206 Å². The van der Waals surface area contributed by atoms with Crippen molar-refractivity contribution >= 4 is 40.0 Å². The van der Waals surface area contributed by atoms with Crippen molar-refractivity contribution in [1.29, 1.82) is 0 Å². The fraction of sp³-hybridized carbons (Fsp3) is 0.333. The molecule has 0 spiro atoms. The molecule has 1 unspecified atom stereocenters. The number of benzene rings is 1. The zero-order valence-corrected chi connectivity index (χ0v) is 21.3. The number of nitrogens with one attached hydrogen (secondary N) is 1. The molecule has 0 aliphatic rings. The first-order valence-electron chi connectivity index (χ1n) is 11.0. The van der Waals surface area contributed by atoms with E-state index < -0.39 is 5.92 Å². The number of aromatic nitrogens is 5. The predicted octanol–water partition coefficient (Wildman–Crippen LogP) is 4.71. The zero-order chi connectivity index (χ0) is 23.5. The van der Waals surface area contributed by atoms with Crippen molar-refractivity contribution in [3.8, 4) is 11.4 Å². The van der Waals surface area contributed by atoms with Gasteiger partial charge in [-0.2, -0.15) is 9.61 Å². The Morgan fingerprint density at radius 2 is 2.09 bits per heavy atom. The Morgan fingerprint density at radius 1 is 1.27 bits per heavy atom. The maximum Gasteiger partial charge on any atom is 0.315 e. The Bertz CT molecular complexity index is 1300. The first-order chi connectivity index (χ1) is 15.9. The normalized spacial score (nSPS) is 12.2. The summed E-state index contributed by atoms with van der Waals surface area (Å²) in [7, 11) is 1.98. The van der Waals surface area contributed by atoms with Crippen LogP contribution < -0.4 is 5.32 Å². The number of anilines is 1. The van der Waals surface area contributed by atoms with E-state index in [0.29, 0.717) is 25.3 Å². The van der Waals surface area contributed by atoms with Crippen molar-refractivity contribution in [3.05, 3.63) is 63.2 Å². The summed E-state index contributed by atoms with van der Waals surface area (Å²) in [5.41, 5.74) is 4.48. The number of nitrogens with zero attached hydrogens (tertiary/aromatic N) is 5. The molecule has 0 aliphatic heterocycles. The van der Waals surface area contributed by atoms with Crippen LogP contribution in [0.3, 0.4) is 0 Å². The predicted molar refractivity (Wildman–Crippen MR) is 136 cm³/mol. The van der Waals surface area contributed by atoms with Gasteiger partial charge in [0.1, 0.15) is 11.6 Å².